The van der Waals surface area contributed by atoms with Gasteiger partial charge in [-0.05, 0) is 68.0 Å². The van der Waals surface area contributed by atoms with Crippen molar-refractivity contribution in [1.82, 2.24) is 0 Å². The Labute approximate surface area is 347 Å². The molecular weight excluding hydrogens is 852 g/mol. The average molecular weight is 907 g/mol. The van der Waals surface area contributed by atoms with Crippen LogP contribution in [-0.2, 0) is 85.3 Å². The van der Waals surface area contributed by atoms with Gasteiger partial charge < -0.3 is 78.1 Å². The molecule has 2 saturated carbocycles. The summed E-state index contributed by atoms with van der Waals surface area (Å²) in [6.07, 6.45) is 11.6. The maximum atomic E-state index is 11.8. The molecule has 2 aromatic rings. The van der Waals surface area contributed by atoms with E-state index >= 15 is 0 Å². The number of hydrogen-bond donors (Lipinski definition) is 2. The van der Waals surface area contributed by atoms with Crippen molar-refractivity contribution in [2.45, 2.75) is 71.6 Å². The van der Waals surface area contributed by atoms with Crippen LogP contribution < -0.4 is 20.1 Å². The van der Waals surface area contributed by atoms with Gasteiger partial charge in [0.25, 0.3) is 0 Å². The molecule has 2 amide bonds. The average Bonchev–Trinajstić information content (AvgIpc) is 3.91. The summed E-state index contributed by atoms with van der Waals surface area (Å²) in [6, 6.07) is 14.0. The van der Waals surface area contributed by atoms with E-state index in [4.69, 9.17) is 38.2 Å². The van der Waals surface area contributed by atoms with Crippen LogP contribution in [0, 0.1) is 35.1 Å². The third-order valence-corrected chi connectivity index (χ3v) is 5.78. The first kappa shape index (κ1) is 74.3. The van der Waals surface area contributed by atoms with Crippen molar-refractivity contribution < 1.29 is 94.8 Å². The second kappa shape index (κ2) is 60.2. The third kappa shape index (κ3) is 46.0. The number of hydrogen-bond acceptors (Lipinski definition) is 11. The molecule has 13 nitrogen and oxygen atoms in total. The first-order chi connectivity index (χ1) is 23.4. The van der Waals surface area contributed by atoms with Crippen LogP contribution in [0.5, 0.6) is 11.5 Å². The number of anilines is 2. The van der Waals surface area contributed by atoms with Crippen molar-refractivity contribution >= 4 is 69.9 Å². The molecule has 304 valence electrons. The molecule has 0 heterocycles. The maximum Gasteiger partial charge on any atom is 0.314 e. The molecule has 0 unspecified atom stereocenters. The molecule has 2 aromatic carbocycles. The van der Waals surface area contributed by atoms with Crippen LogP contribution in [0.2, 0.25) is 0 Å². The number of benzene rings is 2. The zero-order valence-corrected chi connectivity index (χ0v) is 35.3. The third-order valence-electron chi connectivity index (χ3n) is 5.78. The predicted octanol–water partition coefficient (Wildman–Crippen LogP) is 6.25. The fourth-order valence-corrected chi connectivity index (χ4v) is 4.01. The molecule has 2 aliphatic carbocycles. The standard InChI is InChI=1S/C14H17NO3.C10H12NO2.C5H10.6CHO.3CH3.2Mo/c1-10(16)15-12-6-8-13(9-7-12)18-14(17)11-4-2-3-5-11;1-3-13-10-6-4-9(5-7-10)11-8(2)12;1-2-4-5-3-1;6*1-2;;;;;/h6-9,11H,2-5H2,1H3,(H,15,16);4-7H,1,3H2,2H3,(H,11,12);1-5H2;6*1H;3*1H3;;/q;-1;;9*-1;;. The molecule has 0 aliphatic heterocycles. The van der Waals surface area contributed by atoms with E-state index in [2.05, 4.69) is 58.3 Å². The van der Waals surface area contributed by atoms with Crippen LogP contribution in [-0.4, -0.2) is 65.1 Å². The van der Waals surface area contributed by atoms with Crippen LogP contribution in [0.3, 0.4) is 0 Å². The molecule has 0 saturated heterocycles. The van der Waals surface area contributed by atoms with Crippen molar-refractivity contribution in [3.8, 4) is 11.5 Å². The summed E-state index contributed by atoms with van der Waals surface area (Å²) < 4.78 is 10.4. The predicted molar refractivity (Wildman–Crippen MR) is 203 cm³/mol. The Bertz CT molecular complexity index is 1030. The van der Waals surface area contributed by atoms with E-state index in [-0.39, 0.29) is 88.1 Å². The first-order valence-electron chi connectivity index (χ1n) is 14.2. The Hall–Kier alpha value is -3.95. The number of esters is 1. The molecule has 53 heavy (non-hydrogen) atoms. The maximum absolute atomic E-state index is 11.8. The van der Waals surface area contributed by atoms with Gasteiger partial charge in [0.15, 0.2) is 0 Å². The Morgan fingerprint density at radius 1 is 0.566 bits per heavy atom. The van der Waals surface area contributed by atoms with E-state index in [0.29, 0.717) is 18.0 Å². The monoisotopic (exact) mass is 910 g/mol. The summed E-state index contributed by atoms with van der Waals surface area (Å²) in [5.41, 5.74) is 1.46. The van der Waals surface area contributed by atoms with E-state index in [0.717, 1.165) is 37.1 Å². The van der Waals surface area contributed by atoms with Gasteiger partial charge in [0.05, 0.1) is 5.92 Å². The summed E-state index contributed by atoms with van der Waals surface area (Å²) in [4.78, 5) is 79.8. The number of nitrogens with one attached hydrogen (secondary N) is 2. The number of rotatable bonds is 6. The van der Waals surface area contributed by atoms with Crippen LogP contribution in [0.4, 0.5) is 11.4 Å². The SMILES string of the molecule is C1CCCC1.CC(=O)Nc1ccc(OC(=O)C2CCCC2)cc1.[CH-]=O.[CH-]=O.[CH-]=O.[CH-]=O.[CH-]=O.[CH-]=O.[CH2-]COc1ccc(NC(C)=O)cc1.[CH3-].[CH3-].[CH3-].[Mo].[Mo]. The van der Waals surface area contributed by atoms with E-state index in [1.165, 1.54) is 46.0 Å². The van der Waals surface area contributed by atoms with Gasteiger partial charge in [-0.25, -0.2) is 0 Å². The summed E-state index contributed by atoms with van der Waals surface area (Å²) >= 11 is 0. The van der Waals surface area contributed by atoms with Gasteiger partial charge in [-0.1, -0.05) is 44.9 Å². The molecule has 2 aliphatic rings. The molecule has 4 rings (SSSR count). The number of amides is 2. The Kier molecular flexibility index (Phi) is 84.3. The Balaban J connectivity index is -0.0000000586. The number of carbonyl (C=O) groups excluding carboxylic acids is 9. The second-order valence-corrected chi connectivity index (χ2v) is 8.93. The van der Waals surface area contributed by atoms with Gasteiger partial charge in [0, 0.05) is 67.4 Å². The Morgan fingerprint density at radius 2 is 0.849 bits per heavy atom. The van der Waals surface area contributed by atoms with Crippen LogP contribution >= 0.6 is 0 Å². The van der Waals surface area contributed by atoms with Gasteiger partial charge in [0.2, 0.25) is 11.8 Å². The van der Waals surface area contributed by atoms with Crippen molar-refractivity contribution in [2.24, 2.45) is 5.92 Å². The first-order valence-corrected chi connectivity index (χ1v) is 14.2. The minimum absolute atomic E-state index is 0. The van der Waals surface area contributed by atoms with Crippen LogP contribution in [0.25, 0.3) is 0 Å². The zero-order valence-electron chi connectivity index (χ0n) is 31.2. The minimum atomic E-state index is -0.139. The smallest absolute Gasteiger partial charge is 0.314 e. The molecule has 2 fully saturated rings. The molecule has 0 radical (unpaired) electrons. The number of carbonyl (C=O) groups is 3. The Morgan fingerprint density at radius 3 is 1.11 bits per heavy atom. The second-order valence-electron chi connectivity index (χ2n) is 8.93. The molecule has 15 heteroatoms. The summed E-state index contributed by atoms with van der Waals surface area (Å²) in [7, 11) is 0. The van der Waals surface area contributed by atoms with Gasteiger partial charge in [0.1, 0.15) is 11.5 Å². The number of ether oxygens (including phenoxy) is 2. The quantitative estimate of drug-likeness (QED) is 0.109. The van der Waals surface area contributed by atoms with E-state index in [9.17, 15) is 14.4 Å². The van der Waals surface area contributed by atoms with Crippen molar-refractivity contribution in [3.63, 3.8) is 0 Å². The molecule has 0 aromatic heterocycles. The summed E-state index contributed by atoms with van der Waals surface area (Å²) in [5.74, 6) is 1.00. The van der Waals surface area contributed by atoms with Crippen molar-refractivity contribution in [2.75, 3.05) is 17.2 Å². The van der Waals surface area contributed by atoms with E-state index in [1.807, 2.05) is 0 Å². The molecule has 0 atom stereocenters. The van der Waals surface area contributed by atoms with Gasteiger partial charge in [-0.3, -0.25) is 55.1 Å². The summed E-state index contributed by atoms with van der Waals surface area (Å²) in [6.45, 7) is 26.4. The van der Waals surface area contributed by atoms with Crippen molar-refractivity contribution in [3.05, 3.63) is 77.7 Å². The molecule has 0 bridgehead atoms. The van der Waals surface area contributed by atoms with Crippen LogP contribution in [0.15, 0.2) is 48.5 Å². The van der Waals surface area contributed by atoms with E-state index in [1.54, 1.807) is 48.5 Å². The molecule has 0 spiro atoms. The zero-order chi connectivity index (χ0) is 38.2. The molecule has 2 N–H and O–H groups in total. The van der Waals surface area contributed by atoms with Gasteiger partial charge in [-0.2, -0.15) is 0 Å². The molecular formula is C38H54Mo2N2O11-10. The van der Waals surface area contributed by atoms with E-state index < -0.39 is 0 Å². The van der Waals surface area contributed by atoms with Crippen LogP contribution in [0.1, 0.15) is 71.6 Å². The topological polar surface area (TPSA) is 196 Å². The van der Waals surface area contributed by atoms with Gasteiger partial charge >= 0.3 is 5.97 Å². The van der Waals surface area contributed by atoms with Gasteiger partial charge in [-0.15, -0.1) is 0 Å². The minimum Gasteiger partial charge on any atom is -0.545 e. The fraction of sp³-hybridized carbons (Fsp3) is 0.342. The van der Waals surface area contributed by atoms with Crippen molar-refractivity contribution in [1.29, 1.82) is 0 Å². The summed E-state index contributed by atoms with van der Waals surface area (Å²) in [5, 5.41) is 5.32. The normalized spacial score (nSPS) is 10.2. The fourth-order valence-electron chi connectivity index (χ4n) is 4.01. The largest absolute Gasteiger partial charge is 0.545 e.